The summed E-state index contributed by atoms with van der Waals surface area (Å²) in [7, 11) is 0. The SMILES string of the molecule is O=C(C=Cc1ccccc1)Nc1c2c(cc3c1CCC3)CCC2. The van der Waals surface area contributed by atoms with E-state index in [4.69, 9.17) is 0 Å². The fourth-order valence-electron chi connectivity index (χ4n) is 3.87. The van der Waals surface area contributed by atoms with Crippen LogP contribution in [0, 0.1) is 0 Å². The first kappa shape index (κ1) is 14.3. The first-order valence-electron chi connectivity index (χ1n) is 8.52. The summed E-state index contributed by atoms with van der Waals surface area (Å²) < 4.78 is 0. The van der Waals surface area contributed by atoms with Gasteiger partial charge in [0.05, 0.1) is 0 Å². The molecule has 0 atom stereocenters. The van der Waals surface area contributed by atoms with Crippen molar-refractivity contribution in [2.75, 3.05) is 5.32 Å². The molecule has 0 heterocycles. The van der Waals surface area contributed by atoms with E-state index < -0.39 is 0 Å². The lowest BCUT2D eigenvalue weighted by Crippen LogP contribution is -2.12. The maximum Gasteiger partial charge on any atom is 0.248 e. The third-order valence-corrected chi connectivity index (χ3v) is 4.95. The van der Waals surface area contributed by atoms with E-state index in [1.54, 1.807) is 6.08 Å². The minimum Gasteiger partial charge on any atom is -0.322 e. The molecule has 1 N–H and O–H groups in total. The number of anilines is 1. The monoisotopic (exact) mass is 303 g/mol. The van der Waals surface area contributed by atoms with Gasteiger partial charge in [0.1, 0.15) is 0 Å². The molecule has 0 aliphatic heterocycles. The number of hydrogen-bond acceptors (Lipinski definition) is 1. The third-order valence-electron chi connectivity index (χ3n) is 4.95. The zero-order valence-corrected chi connectivity index (χ0v) is 13.3. The van der Waals surface area contributed by atoms with Crippen LogP contribution in [0.15, 0.2) is 42.5 Å². The molecule has 0 unspecified atom stereocenters. The Labute approximate surface area is 137 Å². The van der Waals surface area contributed by atoms with Gasteiger partial charge < -0.3 is 5.32 Å². The van der Waals surface area contributed by atoms with Crippen LogP contribution in [-0.2, 0) is 30.5 Å². The molecular weight excluding hydrogens is 282 g/mol. The third kappa shape index (κ3) is 2.81. The second kappa shape index (κ2) is 6.04. The molecule has 116 valence electrons. The second-order valence-corrected chi connectivity index (χ2v) is 6.47. The summed E-state index contributed by atoms with van der Waals surface area (Å²) in [6, 6.07) is 12.3. The van der Waals surface area contributed by atoms with Crippen LogP contribution in [0.2, 0.25) is 0 Å². The quantitative estimate of drug-likeness (QED) is 0.841. The van der Waals surface area contributed by atoms with Crippen molar-refractivity contribution >= 4 is 17.7 Å². The fraction of sp³-hybridized carbons (Fsp3) is 0.286. The Morgan fingerprint density at radius 2 is 1.57 bits per heavy atom. The number of fused-ring (bicyclic) bond motifs is 2. The lowest BCUT2D eigenvalue weighted by molar-refractivity contribution is -0.111. The average Bonchev–Trinajstić information content (AvgIpc) is 3.22. The van der Waals surface area contributed by atoms with Crippen molar-refractivity contribution in [1.29, 1.82) is 0 Å². The topological polar surface area (TPSA) is 29.1 Å². The Balaban J connectivity index is 1.60. The Morgan fingerprint density at radius 3 is 2.22 bits per heavy atom. The van der Waals surface area contributed by atoms with Crippen molar-refractivity contribution in [3.63, 3.8) is 0 Å². The van der Waals surface area contributed by atoms with Gasteiger partial charge in [-0.3, -0.25) is 4.79 Å². The Hall–Kier alpha value is -2.35. The molecule has 2 heteroatoms. The van der Waals surface area contributed by atoms with Crippen LogP contribution in [0.4, 0.5) is 5.69 Å². The van der Waals surface area contributed by atoms with E-state index in [2.05, 4.69) is 11.4 Å². The van der Waals surface area contributed by atoms with Crippen LogP contribution in [-0.4, -0.2) is 5.91 Å². The molecule has 2 nitrogen and oxygen atoms in total. The number of benzene rings is 2. The lowest BCUT2D eigenvalue weighted by atomic mass is 9.98. The molecule has 23 heavy (non-hydrogen) atoms. The normalized spacial score (nSPS) is 15.7. The highest BCUT2D eigenvalue weighted by Gasteiger charge is 2.24. The van der Waals surface area contributed by atoms with Crippen molar-refractivity contribution in [3.05, 3.63) is 70.3 Å². The number of carbonyl (C=O) groups is 1. The van der Waals surface area contributed by atoms with E-state index in [-0.39, 0.29) is 5.91 Å². The molecule has 2 aromatic rings. The molecule has 0 fully saturated rings. The van der Waals surface area contributed by atoms with Crippen molar-refractivity contribution < 1.29 is 4.79 Å². The van der Waals surface area contributed by atoms with Crippen LogP contribution in [0.25, 0.3) is 6.08 Å². The van der Waals surface area contributed by atoms with Crippen LogP contribution < -0.4 is 5.32 Å². The summed E-state index contributed by atoms with van der Waals surface area (Å²) in [5.74, 6) is -0.0248. The fourth-order valence-corrected chi connectivity index (χ4v) is 3.87. The molecule has 0 saturated heterocycles. The summed E-state index contributed by atoms with van der Waals surface area (Å²) in [5, 5.41) is 3.19. The molecule has 0 spiro atoms. The van der Waals surface area contributed by atoms with Crippen LogP contribution >= 0.6 is 0 Å². The molecule has 0 saturated carbocycles. The summed E-state index contributed by atoms with van der Waals surface area (Å²) in [6.45, 7) is 0. The van der Waals surface area contributed by atoms with Crippen molar-refractivity contribution in [3.8, 4) is 0 Å². The molecule has 4 rings (SSSR count). The number of hydrogen-bond donors (Lipinski definition) is 1. The van der Waals surface area contributed by atoms with Crippen molar-refractivity contribution in [2.24, 2.45) is 0 Å². The number of aryl methyl sites for hydroxylation is 2. The van der Waals surface area contributed by atoms with E-state index in [0.717, 1.165) is 36.9 Å². The predicted octanol–water partition coefficient (Wildman–Crippen LogP) is 4.32. The number of nitrogens with one attached hydrogen (secondary N) is 1. The van der Waals surface area contributed by atoms with Gasteiger partial charge in [-0.05, 0) is 72.4 Å². The summed E-state index contributed by atoms with van der Waals surface area (Å²) in [5.41, 5.74) is 7.83. The van der Waals surface area contributed by atoms with Gasteiger partial charge in [0.2, 0.25) is 5.91 Å². The van der Waals surface area contributed by atoms with Gasteiger partial charge in [-0.2, -0.15) is 0 Å². The molecule has 2 aliphatic carbocycles. The van der Waals surface area contributed by atoms with Gasteiger partial charge in [0.15, 0.2) is 0 Å². The smallest absolute Gasteiger partial charge is 0.248 e. The van der Waals surface area contributed by atoms with Gasteiger partial charge in [0.25, 0.3) is 0 Å². The van der Waals surface area contributed by atoms with E-state index in [9.17, 15) is 4.79 Å². The van der Waals surface area contributed by atoms with Crippen molar-refractivity contribution in [2.45, 2.75) is 38.5 Å². The Morgan fingerprint density at radius 1 is 0.913 bits per heavy atom. The van der Waals surface area contributed by atoms with Crippen molar-refractivity contribution in [1.82, 2.24) is 0 Å². The number of carbonyl (C=O) groups excluding carboxylic acids is 1. The molecule has 1 amide bonds. The first-order valence-corrected chi connectivity index (χ1v) is 8.52. The Kier molecular flexibility index (Phi) is 3.74. The highest BCUT2D eigenvalue weighted by molar-refractivity contribution is 6.03. The highest BCUT2D eigenvalue weighted by Crippen LogP contribution is 2.38. The Bertz CT molecular complexity index is 742. The second-order valence-electron chi connectivity index (χ2n) is 6.47. The summed E-state index contributed by atoms with van der Waals surface area (Å²) in [6.07, 6.45) is 10.4. The highest BCUT2D eigenvalue weighted by atomic mass is 16.1. The predicted molar refractivity (Wildman–Crippen MR) is 94.6 cm³/mol. The molecule has 0 radical (unpaired) electrons. The molecular formula is C21H21NO. The maximum atomic E-state index is 12.4. The molecule has 0 aromatic heterocycles. The van der Waals surface area contributed by atoms with Gasteiger partial charge in [-0.1, -0.05) is 36.4 Å². The first-order chi connectivity index (χ1) is 11.3. The summed E-state index contributed by atoms with van der Waals surface area (Å²) in [4.78, 5) is 12.4. The number of amides is 1. The van der Waals surface area contributed by atoms with E-state index in [1.165, 1.54) is 35.1 Å². The van der Waals surface area contributed by atoms with Gasteiger partial charge in [-0.15, -0.1) is 0 Å². The van der Waals surface area contributed by atoms with Crippen LogP contribution in [0.5, 0.6) is 0 Å². The van der Waals surface area contributed by atoms with Crippen LogP contribution in [0.3, 0.4) is 0 Å². The average molecular weight is 303 g/mol. The maximum absolute atomic E-state index is 12.4. The minimum atomic E-state index is -0.0248. The zero-order valence-electron chi connectivity index (χ0n) is 13.3. The molecule has 0 bridgehead atoms. The lowest BCUT2D eigenvalue weighted by Gasteiger charge is -2.15. The standard InChI is InChI=1S/C21H21NO/c23-20(13-12-15-6-2-1-3-7-15)22-21-18-10-4-8-16(18)14-17-9-5-11-19(17)21/h1-3,6-7,12-14H,4-5,8-11H2,(H,22,23). The minimum absolute atomic E-state index is 0.0248. The van der Waals surface area contributed by atoms with Gasteiger partial charge >= 0.3 is 0 Å². The zero-order chi connectivity index (χ0) is 15.6. The number of rotatable bonds is 3. The van der Waals surface area contributed by atoms with Gasteiger partial charge in [0, 0.05) is 11.8 Å². The van der Waals surface area contributed by atoms with Crippen LogP contribution in [0.1, 0.15) is 40.7 Å². The molecule has 2 aliphatic rings. The van der Waals surface area contributed by atoms with Gasteiger partial charge in [-0.25, -0.2) is 0 Å². The summed E-state index contributed by atoms with van der Waals surface area (Å²) >= 11 is 0. The van der Waals surface area contributed by atoms with E-state index >= 15 is 0 Å². The largest absolute Gasteiger partial charge is 0.322 e. The van der Waals surface area contributed by atoms with E-state index in [0.29, 0.717) is 0 Å². The molecule has 2 aromatic carbocycles. The van der Waals surface area contributed by atoms with E-state index in [1.807, 2.05) is 36.4 Å².